The number of hydrogen-bond donors (Lipinski definition) is 1. The molecule has 2 nitrogen and oxygen atoms in total. The quantitative estimate of drug-likeness (QED) is 0.659. The van der Waals surface area contributed by atoms with Crippen molar-refractivity contribution in [2.45, 2.75) is 0 Å². The van der Waals surface area contributed by atoms with Crippen LogP contribution in [-0.4, -0.2) is 10.1 Å². The number of benzene rings is 1. The van der Waals surface area contributed by atoms with Gasteiger partial charge in [-0.3, -0.25) is 0 Å². The Kier molecular flexibility index (Phi) is 1.81. The van der Waals surface area contributed by atoms with Gasteiger partial charge in [-0.15, -0.1) is 0 Å². The fourth-order valence-electron chi connectivity index (χ4n) is 1.19. The third-order valence-corrected chi connectivity index (χ3v) is 2.09. The molecule has 0 radical (unpaired) electrons. The highest BCUT2D eigenvalue weighted by Crippen LogP contribution is 2.26. The predicted octanol–water partition coefficient (Wildman–Crippen LogP) is 2.73. The van der Waals surface area contributed by atoms with Gasteiger partial charge in [-0.05, 0) is 12.1 Å². The summed E-state index contributed by atoms with van der Waals surface area (Å²) in [6.45, 7) is 0. The molecule has 2 aromatic rings. The average molecular weight is 198 g/mol. The first-order valence-electron chi connectivity index (χ1n) is 3.62. The molecule has 0 atom stereocenters. The molecule has 2 rings (SSSR count). The van der Waals surface area contributed by atoms with Crippen LogP contribution in [0, 0.1) is 5.95 Å². The van der Waals surface area contributed by atoms with Gasteiger partial charge in [0.2, 0.25) is 11.8 Å². The first-order chi connectivity index (χ1) is 6.18. The Morgan fingerprint density at radius 3 is 2.85 bits per heavy atom. The predicted molar refractivity (Wildman–Crippen MR) is 48.4 cm³/mol. The van der Waals surface area contributed by atoms with Crippen LogP contribution in [0.4, 0.5) is 4.39 Å². The normalized spacial score (nSPS) is 10.6. The van der Waals surface area contributed by atoms with Crippen LogP contribution >= 0.6 is 11.6 Å². The zero-order chi connectivity index (χ0) is 9.42. The van der Waals surface area contributed by atoms with Crippen molar-refractivity contribution in [3.05, 3.63) is 35.2 Å². The van der Waals surface area contributed by atoms with Crippen LogP contribution in [0.2, 0.25) is 5.02 Å². The second-order valence-corrected chi connectivity index (χ2v) is 3.01. The maximum atomic E-state index is 13.1. The zero-order valence-electron chi connectivity index (χ0n) is 6.46. The third-order valence-electron chi connectivity index (χ3n) is 1.76. The van der Waals surface area contributed by atoms with Crippen LogP contribution in [0.3, 0.4) is 0 Å². The number of pyridine rings is 1. The van der Waals surface area contributed by atoms with E-state index < -0.39 is 5.95 Å². The molecule has 1 N–H and O–H groups in total. The van der Waals surface area contributed by atoms with E-state index in [2.05, 4.69) is 4.98 Å². The van der Waals surface area contributed by atoms with Crippen molar-refractivity contribution >= 4 is 22.4 Å². The highest BCUT2D eigenvalue weighted by atomic mass is 35.5. The van der Waals surface area contributed by atoms with E-state index in [9.17, 15) is 4.39 Å². The molecule has 1 aromatic heterocycles. The van der Waals surface area contributed by atoms with E-state index in [1.807, 2.05) is 0 Å². The van der Waals surface area contributed by atoms with Crippen LogP contribution in [0.25, 0.3) is 10.8 Å². The number of rotatable bonds is 0. The van der Waals surface area contributed by atoms with Gasteiger partial charge < -0.3 is 5.11 Å². The highest BCUT2D eigenvalue weighted by Gasteiger charge is 2.06. The van der Waals surface area contributed by atoms with E-state index in [4.69, 9.17) is 16.7 Å². The number of fused-ring (bicyclic) bond motifs is 1. The Hall–Kier alpha value is -1.35. The topological polar surface area (TPSA) is 33.1 Å². The van der Waals surface area contributed by atoms with E-state index in [1.54, 1.807) is 18.2 Å². The first kappa shape index (κ1) is 8.26. The van der Waals surface area contributed by atoms with E-state index in [1.165, 1.54) is 6.07 Å². The minimum absolute atomic E-state index is 0.310. The summed E-state index contributed by atoms with van der Waals surface area (Å²) in [5, 5.41) is 10.2. The summed E-state index contributed by atoms with van der Waals surface area (Å²) in [5.41, 5.74) is 0. The minimum Gasteiger partial charge on any atom is -0.493 e. The first-order valence-corrected chi connectivity index (χ1v) is 4.00. The van der Waals surface area contributed by atoms with Crippen LogP contribution in [0.1, 0.15) is 0 Å². The molecular formula is C9H5ClFNO. The van der Waals surface area contributed by atoms with E-state index in [-0.39, 0.29) is 5.88 Å². The van der Waals surface area contributed by atoms with Crippen molar-refractivity contribution < 1.29 is 9.50 Å². The molecule has 0 amide bonds. The molecule has 0 spiro atoms. The number of aromatic nitrogens is 1. The molecule has 0 aliphatic heterocycles. The van der Waals surface area contributed by atoms with Gasteiger partial charge in [0, 0.05) is 21.9 Å². The monoisotopic (exact) mass is 197 g/mol. The molecule has 0 bridgehead atoms. The maximum Gasteiger partial charge on any atom is 0.224 e. The van der Waals surface area contributed by atoms with Crippen molar-refractivity contribution in [2.75, 3.05) is 0 Å². The standard InChI is InChI=1S/C9H5ClFNO/c10-7-3-1-2-5-6(7)4-8(13)12-9(5)11/h1-4H,(H,12,13). The minimum atomic E-state index is -0.711. The van der Waals surface area contributed by atoms with Crippen LogP contribution in [0.15, 0.2) is 24.3 Å². The Morgan fingerprint density at radius 1 is 1.31 bits per heavy atom. The Balaban J connectivity index is 2.94. The maximum absolute atomic E-state index is 13.1. The Bertz CT molecular complexity index is 472. The van der Waals surface area contributed by atoms with Gasteiger partial charge in [0.15, 0.2) is 0 Å². The summed E-state index contributed by atoms with van der Waals surface area (Å²) in [7, 11) is 0. The highest BCUT2D eigenvalue weighted by molar-refractivity contribution is 6.35. The molecule has 0 saturated heterocycles. The lowest BCUT2D eigenvalue weighted by Gasteiger charge is -2.00. The molecule has 0 fully saturated rings. The summed E-state index contributed by atoms with van der Waals surface area (Å²) in [5.74, 6) is -1.07. The lowest BCUT2D eigenvalue weighted by atomic mass is 10.2. The van der Waals surface area contributed by atoms with Crippen LogP contribution in [0.5, 0.6) is 5.88 Å². The van der Waals surface area contributed by atoms with Crippen molar-refractivity contribution in [1.82, 2.24) is 4.98 Å². The summed E-state index contributed by atoms with van der Waals surface area (Å²) < 4.78 is 13.1. The fourth-order valence-corrected chi connectivity index (χ4v) is 1.41. The lowest BCUT2D eigenvalue weighted by molar-refractivity contribution is 0.439. The van der Waals surface area contributed by atoms with Crippen LogP contribution < -0.4 is 0 Å². The van der Waals surface area contributed by atoms with Gasteiger partial charge in [0.25, 0.3) is 0 Å². The number of hydrogen-bond acceptors (Lipinski definition) is 2. The Labute approximate surface area is 78.6 Å². The molecule has 0 aliphatic carbocycles. The SMILES string of the molecule is Oc1cc2c(Cl)cccc2c(F)n1. The molecule has 0 unspecified atom stereocenters. The zero-order valence-corrected chi connectivity index (χ0v) is 7.22. The summed E-state index contributed by atoms with van der Waals surface area (Å²) in [6, 6.07) is 6.15. The third kappa shape index (κ3) is 1.31. The van der Waals surface area contributed by atoms with Crippen LogP contribution in [-0.2, 0) is 0 Å². The van der Waals surface area contributed by atoms with Gasteiger partial charge in [-0.25, -0.2) is 0 Å². The molecule has 4 heteroatoms. The van der Waals surface area contributed by atoms with Crippen molar-refractivity contribution in [2.24, 2.45) is 0 Å². The van der Waals surface area contributed by atoms with Crippen molar-refractivity contribution in [3.8, 4) is 5.88 Å². The number of aromatic hydroxyl groups is 1. The van der Waals surface area contributed by atoms with Crippen molar-refractivity contribution in [3.63, 3.8) is 0 Å². The average Bonchev–Trinajstić information content (AvgIpc) is 2.07. The summed E-state index contributed by atoms with van der Waals surface area (Å²) in [6.07, 6.45) is 0. The molecule has 1 aromatic carbocycles. The molecule has 66 valence electrons. The second-order valence-electron chi connectivity index (χ2n) is 2.61. The molecule has 0 aliphatic rings. The number of nitrogens with zero attached hydrogens (tertiary/aromatic N) is 1. The van der Waals surface area contributed by atoms with Gasteiger partial charge in [0.05, 0.1) is 0 Å². The molecular weight excluding hydrogens is 193 g/mol. The summed E-state index contributed by atoms with van der Waals surface area (Å²) in [4.78, 5) is 3.27. The van der Waals surface area contributed by atoms with Crippen molar-refractivity contribution in [1.29, 1.82) is 0 Å². The number of halogens is 2. The van der Waals surface area contributed by atoms with Gasteiger partial charge in [-0.2, -0.15) is 9.37 Å². The van der Waals surface area contributed by atoms with Gasteiger partial charge in [0.1, 0.15) is 0 Å². The van der Waals surface area contributed by atoms with E-state index in [0.717, 1.165) is 0 Å². The molecule has 13 heavy (non-hydrogen) atoms. The molecule has 0 saturated carbocycles. The van der Waals surface area contributed by atoms with E-state index in [0.29, 0.717) is 15.8 Å². The van der Waals surface area contributed by atoms with E-state index >= 15 is 0 Å². The Morgan fingerprint density at radius 2 is 2.08 bits per heavy atom. The second kappa shape index (κ2) is 2.85. The van der Waals surface area contributed by atoms with Gasteiger partial charge >= 0.3 is 0 Å². The largest absolute Gasteiger partial charge is 0.493 e. The smallest absolute Gasteiger partial charge is 0.224 e. The fraction of sp³-hybridized carbons (Fsp3) is 0. The van der Waals surface area contributed by atoms with Gasteiger partial charge in [-0.1, -0.05) is 17.7 Å². The lowest BCUT2D eigenvalue weighted by Crippen LogP contribution is -1.85. The molecule has 1 heterocycles. The summed E-state index contributed by atoms with van der Waals surface area (Å²) >= 11 is 5.80.